The monoisotopic (exact) mass is 290 g/mol. The number of carbonyl (C=O) groups excluding carboxylic acids is 1. The summed E-state index contributed by atoms with van der Waals surface area (Å²) in [7, 11) is 0. The molecule has 1 fully saturated rings. The predicted octanol–water partition coefficient (Wildman–Crippen LogP) is 1.93. The van der Waals surface area contributed by atoms with E-state index in [1.807, 2.05) is 26.0 Å². The van der Waals surface area contributed by atoms with Crippen LogP contribution in [0.4, 0.5) is 5.82 Å². The Kier molecular flexibility index (Phi) is 5.17. The van der Waals surface area contributed by atoms with Gasteiger partial charge in [-0.3, -0.25) is 4.79 Å². The van der Waals surface area contributed by atoms with Crippen LogP contribution in [0.25, 0.3) is 0 Å². The molecule has 1 amide bonds. The largest absolute Gasteiger partial charge is 0.357 e. The standard InChI is InChI=1S/C16H26N4O/c1-3-16(4-2,12-17)19-15(21)13-7-8-14(18-11-13)20-9-5-6-10-20/h7-8,11H,3-6,9-10,12,17H2,1-2H3,(H,19,21). The van der Waals surface area contributed by atoms with Crippen molar-refractivity contribution in [3.05, 3.63) is 23.9 Å². The molecule has 1 aliphatic rings. The summed E-state index contributed by atoms with van der Waals surface area (Å²) >= 11 is 0. The summed E-state index contributed by atoms with van der Waals surface area (Å²) in [6.07, 6.45) is 5.75. The predicted molar refractivity (Wildman–Crippen MR) is 85.5 cm³/mol. The Balaban J connectivity index is 2.05. The average Bonchev–Trinajstić information content (AvgIpc) is 3.07. The highest BCUT2D eigenvalue weighted by Gasteiger charge is 2.27. The molecule has 0 spiro atoms. The zero-order valence-electron chi connectivity index (χ0n) is 13.1. The van der Waals surface area contributed by atoms with E-state index in [9.17, 15) is 4.79 Å². The number of pyridine rings is 1. The molecule has 1 saturated heterocycles. The van der Waals surface area contributed by atoms with Crippen molar-refractivity contribution in [2.75, 3.05) is 24.5 Å². The molecule has 2 rings (SSSR count). The summed E-state index contributed by atoms with van der Waals surface area (Å²) < 4.78 is 0. The van der Waals surface area contributed by atoms with Gasteiger partial charge >= 0.3 is 0 Å². The summed E-state index contributed by atoms with van der Waals surface area (Å²) in [5, 5.41) is 3.07. The lowest BCUT2D eigenvalue weighted by molar-refractivity contribution is 0.0895. The summed E-state index contributed by atoms with van der Waals surface area (Å²) in [5.41, 5.74) is 6.11. The lowest BCUT2D eigenvalue weighted by atomic mass is 9.92. The first kappa shape index (κ1) is 15.8. The van der Waals surface area contributed by atoms with Gasteiger partial charge in [-0.2, -0.15) is 0 Å². The van der Waals surface area contributed by atoms with Crippen LogP contribution in [0.15, 0.2) is 18.3 Å². The highest BCUT2D eigenvalue weighted by molar-refractivity contribution is 5.94. The van der Waals surface area contributed by atoms with Crippen molar-refractivity contribution in [3.63, 3.8) is 0 Å². The minimum absolute atomic E-state index is 0.0929. The fraction of sp³-hybridized carbons (Fsp3) is 0.625. The maximum absolute atomic E-state index is 12.3. The highest BCUT2D eigenvalue weighted by atomic mass is 16.1. The zero-order chi connectivity index (χ0) is 15.3. The van der Waals surface area contributed by atoms with Gasteiger partial charge in [0.1, 0.15) is 5.82 Å². The van der Waals surface area contributed by atoms with Crippen molar-refractivity contribution in [1.29, 1.82) is 0 Å². The van der Waals surface area contributed by atoms with Crippen LogP contribution >= 0.6 is 0 Å². The fourth-order valence-corrected chi connectivity index (χ4v) is 2.73. The second kappa shape index (κ2) is 6.89. The third-order valence-corrected chi connectivity index (χ3v) is 4.56. The van der Waals surface area contributed by atoms with Crippen molar-refractivity contribution in [1.82, 2.24) is 10.3 Å². The molecular formula is C16H26N4O. The number of nitrogens with zero attached hydrogens (tertiary/aromatic N) is 2. The number of nitrogens with one attached hydrogen (secondary N) is 1. The number of amides is 1. The first-order valence-electron chi connectivity index (χ1n) is 7.87. The maximum Gasteiger partial charge on any atom is 0.253 e. The van der Waals surface area contributed by atoms with Gasteiger partial charge in [0.15, 0.2) is 0 Å². The summed E-state index contributed by atoms with van der Waals surface area (Å²) in [4.78, 5) is 19.0. The molecule has 0 radical (unpaired) electrons. The SMILES string of the molecule is CCC(CC)(CN)NC(=O)c1ccc(N2CCCC2)nc1. The summed E-state index contributed by atoms with van der Waals surface area (Å²) in [5.74, 6) is 0.866. The number of anilines is 1. The molecule has 0 aromatic carbocycles. The van der Waals surface area contributed by atoms with Crippen LogP contribution in [0.5, 0.6) is 0 Å². The Hall–Kier alpha value is -1.62. The summed E-state index contributed by atoms with van der Waals surface area (Å²) in [6.45, 7) is 6.66. The van der Waals surface area contributed by atoms with Gasteiger partial charge in [-0.15, -0.1) is 0 Å². The molecule has 1 aromatic heterocycles. The molecule has 1 aliphatic heterocycles. The molecule has 5 nitrogen and oxygen atoms in total. The van der Waals surface area contributed by atoms with Crippen molar-refractivity contribution in [2.45, 2.75) is 45.1 Å². The summed E-state index contributed by atoms with van der Waals surface area (Å²) in [6, 6.07) is 3.78. The van der Waals surface area contributed by atoms with Crippen molar-refractivity contribution < 1.29 is 4.79 Å². The lowest BCUT2D eigenvalue weighted by Gasteiger charge is -2.31. The molecule has 5 heteroatoms. The second-order valence-corrected chi connectivity index (χ2v) is 5.74. The van der Waals surface area contributed by atoms with Gasteiger partial charge in [0.2, 0.25) is 0 Å². The van der Waals surface area contributed by atoms with E-state index in [-0.39, 0.29) is 11.4 Å². The zero-order valence-corrected chi connectivity index (χ0v) is 13.1. The normalized spacial score (nSPS) is 15.3. The van der Waals surface area contributed by atoms with E-state index in [0.29, 0.717) is 12.1 Å². The van der Waals surface area contributed by atoms with Gasteiger partial charge in [-0.1, -0.05) is 13.8 Å². The van der Waals surface area contributed by atoms with E-state index < -0.39 is 0 Å². The lowest BCUT2D eigenvalue weighted by Crippen LogP contribution is -2.52. The highest BCUT2D eigenvalue weighted by Crippen LogP contribution is 2.18. The molecule has 0 saturated carbocycles. The van der Waals surface area contributed by atoms with Gasteiger partial charge < -0.3 is 16.0 Å². The first-order chi connectivity index (χ1) is 10.1. The van der Waals surface area contributed by atoms with Gasteiger partial charge in [0.05, 0.1) is 11.1 Å². The van der Waals surface area contributed by atoms with E-state index in [1.165, 1.54) is 12.8 Å². The Bertz CT molecular complexity index is 453. The van der Waals surface area contributed by atoms with Crippen LogP contribution in [-0.2, 0) is 0 Å². The Morgan fingerprint density at radius 2 is 2.00 bits per heavy atom. The fourth-order valence-electron chi connectivity index (χ4n) is 2.73. The number of hydrogen-bond acceptors (Lipinski definition) is 4. The van der Waals surface area contributed by atoms with Crippen LogP contribution in [0, 0.1) is 0 Å². The van der Waals surface area contributed by atoms with E-state index in [0.717, 1.165) is 31.7 Å². The molecule has 21 heavy (non-hydrogen) atoms. The van der Waals surface area contributed by atoms with E-state index in [4.69, 9.17) is 5.73 Å². The van der Waals surface area contributed by atoms with E-state index in [1.54, 1.807) is 6.20 Å². The molecule has 0 bridgehead atoms. The number of nitrogens with two attached hydrogens (primary N) is 1. The quantitative estimate of drug-likeness (QED) is 0.840. The number of rotatable bonds is 6. The number of hydrogen-bond donors (Lipinski definition) is 2. The van der Waals surface area contributed by atoms with Gasteiger partial charge in [0.25, 0.3) is 5.91 Å². The first-order valence-corrected chi connectivity index (χ1v) is 7.87. The molecule has 0 unspecified atom stereocenters. The van der Waals surface area contributed by atoms with Crippen molar-refractivity contribution >= 4 is 11.7 Å². The molecule has 3 N–H and O–H groups in total. The Morgan fingerprint density at radius 3 is 2.48 bits per heavy atom. The Labute approximate surface area is 126 Å². The van der Waals surface area contributed by atoms with Gasteiger partial charge in [-0.05, 0) is 37.8 Å². The smallest absolute Gasteiger partial charge is 0.253 e. The number of carbonyl (C=O) groups is 1. The maximum atomic E-state index is 12.3. The second-order valence-electron chi connectivity index (χ2n) is 5.74. The molecule has 2 heterocycles. The molecule has 116 valence electrons. The van der Waals surface area contributed by atoms with Crippen LogP contribution in [0.3, 0.4) is 0 Å². The van der Waals surface area contributed by atoms with Gasteiger partial charge in [0, 0.05) is 25.8 Å². The Morgan fingerprint density at radius 1 is 1.33 bits per heavy atom. The van der Waals surface area contributed by atoms with Crippen LogP contribution in [0.2, 0.25) is 0 Å². The van der Waals surface area contributed by atoms with Crippen molar-refractivity contribution in [3.8, 4) is 0 Å². The molecular weight excluding hydrogens is 264 g/mol. The van der Waals surface area contributed by atoms with Crippen LogP contribution in [0.1, 0.15) is 49.9 Å². The topological polar surface area (TPSA) is 71.2 Å². The molecule has 1 aromatic rings. The van der Waals surface area contributed by atoms with E-state index in [2.05, 4.69) is 15.2 Å². The van der Waals surface area contributed by atoms with Crippen molar-refractivity contribution in [2.24, 2.45) is 5.73 Å². The third-order valence-electron chi connectivity index (χ3n) is 4.56. The minimum Gasteiger partial charge on any atom is -0.357 e. The van der Waals surface area contributed by atoms with Crippen LogP contribution < -0.4 is 16.0 Å². The molecule has 0 atom stereocenters. The van der Waals surface area contributed by atoms with Crippen LogP contribution in [-0.4, -0.2) is 36.1 Å². The average molecular weight is 290 g/mol. The third kappa shape index (κ3) is 3.53. The van der Waals surface area contributed by atoms with E-state index >= 15 is 0 Å². The minimum atomic E-state index is -0.315. The van der Waals surface area contributed by atoms with Gasteiger partial charge in [-0.25, -0.2) is 4.98 Å². The molecule has 0 aliphatic carbocycles. The number of aromatic nitrogens is 1.